The van der Waals surface area contributed by atoms with Crippen LogP contribution >= 0.6 is 0 Å². The molecule has 14 heavy (non-hydrogen) atoms. The van der Waals surface area contributed by atoms with Gasteiger partial charge in [-0.1, -0.05) is 0 Å². The molecular formula is C12H13FeO. The summed E-state index contributed by atoms with van der Waals surface area (Å²) in [7, 11) is 0. The van der Waals surface area contributed by atoms with E-state index in [9.17, 15) is 0 Å². The summed E-state index contributed by atoms with van der Waals surface area (Å²) in [5.74, 6) is 0. The van der Waals surface area contributed by atoms with Crippen molar-refractivity contribution in [1.29, 1.82) is 0 Å². The molecule has 0 aliphatic rings. The maximum Gasteiger partial charge on any atom is 3.00 e. The van der Waals surface area contributed by atoms with E-state index in [2.05, 4.69) is 0 Å². The van der Waals surface area contributed by atoms with Gasteiger partial charge in [-0.05, 0) is 0 Å². The number of carbonyl (C=O) groups excluding carboxylic acids is 1. The molecule has 0 aliphatic heterocycles. The predicted molar refractivity (Wildman–Crippen MR) is 55.4 cm³/mol. The van der Waals surface area contributed by atoms with E-state index in [1.807, 2.05) is 60.7 Å². The second kappa shape index (κ2) is 14.4. The van der Waals surface area contributed by atoms with Gasteiger partial charge < -0.3 is 4.79 Å². The van der Waals surface area contributed by atoms with E-state index in [-0.39, 0.29) is 17.1 Å². The van der Waals surface area contributed by atoms with Crippen molar-refractivity contribution in [3.63, 3.8) is 0 Å². The molecule has 0 amide bonds. The fourth-order valence-corrected chi connectivity index (χ4v) is 0.642. The van der Waals surface area contributed by atoms with Crippen molar-refractivity contribution >= 4 is 6.29 Å². The molecule has 0 aliphatic carbocycles. The molecule has 2 heteroatoms. The van der Waals surface area contributed by atoms with Crippen molar-refractivity contribution in [2.24, 2.45) is 0 Å². The molecule has 0 aromatic heterocycles. The molecule has 0 spiro atoms. The third kappa shape index (κ3) is 13.5. The molecule has 0 fully saturated rings. The van der Waals surface area contributed by atoms with Crippen LogP contribution in [0.3, 0.4) is 0 Å². The Morgan fingerprint density at radius 1 is 0.857 bits per heavy atom. The van der Waals surface area contributed by atoms with Crippen LogP contribution in [0.4, 0.5) is 0 Å². The third-order valence-corrected chi connectivity index (χ3v) is 1.11. The first-order valence-electron chi connectivity index (χ1n) is 4.04. The van der Waals surface area contributed by atoms with Crippen molar-refractivity contribution < 1.29 is 21.9 Å². The summed E-state index contributed by atoms with van der Waals surface area (Å²) in [5, 5.41) is 0. The van der Waals surface area contributed by atoms with Gasteiger partial charge >= 0.3 is 17.1 Å². The Labute approximate surface area is 96.0 Å². The summed E-state index contributed by atoms with van der Waals surface area (Å²) >= 11 is 0. The predicted octanol–water partition coefficient (Wildman–Crippen LogP) is 2.92. The molecule has 1 nitrogen and oxygen atoms in total. The van der Waals surface area contributed by atoms with Crippen LogP contribution in [0.25, 0.3) is 0 Å². The SMILES string of the molecule is C[C-]=O.[Fe+3].c1cc[cH-]c1.c1cc[cH-]c1. The van der Waals surface area contributed by atoms with Crippen molar-refractivity contribution in [2.45, 2.75) is 6.92 Å². The zero-order chi connectivity index (χ0) is 9.78. The van der Waals surface area contributed by atoms with Gasteiger partial charge in [0.1, 0.15) is 0 Å². The van der Waals surface area contributed by atoms with Crippen LogP contribution in [0.1, 0.15) is 6.92 Å². The average Bonchev–Trinajstić information content (AvgIpc) is 2.85. The Bertz CT molecular complexity index is 185. The quantitative estimate of drug-likeness (QED) is 0.501. The summed E-state index contributed by atoms with van der Waals surface area (Å²) in [4.78, 5) is 8.68. The van der Waals surface area contributed by atoms with E-state index in [0.29, 0.717) is 0 Å². The average molecular weight is 229 g/mol. The molecule has 2 aromatic carbocycles. The first-order chi connectivity index (χ1) is 6.41. The smallest absolute Gasteiger partial charge is 0.542 e. The van der Waals surface area contributed by atoms with Gasteiger partial charge in [0, 0.05) is 0 Å². The second-order valence-electron chi connectivity index (χ2n) is 2.13. The van der Waals surface area contributed by atoms with Gasteiger partial charge in [-0.2, -0.15) is 43.3 Å². The zero-order valence-corrected chi connectivity index (χ0v) is 9.14. The second-order valence-corrected chi connectivity index (χ2v) is 2.13. The fourth-order valence-electron chi connectivity index (χ4n) is 0.642. The molecule has 0 bridgehead atoms. The number of rotatable bonds is 0. The zero-order valence-electron chi connectivity index (χ0n) is 8.04. The minimum Gasteiger partial charge on any atom is -0.542 e. The van der Waals surface area contributed by atoms with E-state index in [1.165, 1.54) is 13.2 Å². The van der Waals surface area contributed by atoms with Gasteiger partial charge in [-0.3, -0.25) is 6.29 Å². The van der Waals surface area contributed by atoms with Gasteiger partial charge in [0.2, 0.25) is 0 Å². The molecule has 75 valence electrons. The van der Waals surface area contributed by atoms with E-state index in [1.54, 1.807) is 0 Å². The van der Waals surface area contributed by atoms with Crippen LogP contribution in [-0.4, -0.2) is 6.29 Å². The summed E-state index contributed by atoms with van der Waals surface area (Å²) in [6.07, 6.45) is 1.50. The normalized spacial score (nSPS) is 6.64. The van der Waals surface area contributed by atoms with E-state index < -0.39 is 0 Å². The van der Waals surface area contributed by atoms with Gasteiger partial charge in [0.15, 0.2) is 0 Å². The fraction of sp³-hybridized carbons (Fsp3) is 0.0833. The molecule has 0 saturated carbocycles. The van der Waals surface area contributed by atoms with Crippen LogP contribution in [0, 0.1) is 0 Å². The topological polar surface area (TPSA) is 17.1 Å². The molecular weight excluding hydrogens is 216 g/mol. The Morgan fingerprint density at radius 2 is 1.07 bits per heavy atom. The first kappa shape index (κ1) is 15.4. The Kier molecular flexibility index (Phi) is 15.8. The van der Waals surface area contributed by atoms with Crippen molar-refractivity contribution in [3.05, 3.63) is 60.7 Å². The monoisotopic (exact) mass is 229 g/mol. The Hall–Kier alpha value is -1.11. The van der Waals surface area contributed by atoms with E-state index in [0.717, 1.165) is 0 Å². The summed E-state index contributed by atoms with van der Waals surface area (Å²) in [6, 6.07) is 20.0. The van der Waals surface area contributed by atoms with Crippen LogP contribution in [0.15, 0.2) is 60.7 Å². The third-order valence-electron chi connectivity index (χ3n) is 1.11. The number of hydrogen-bond donors (Lipinski definition) is 0. The van der Waals surface area contributed by atoms with Gasteiger partial charge in [-0.25, -0.2) is 24.3 Å². The maximum atomic E-state index is 8.68. The first-order valence-corrected chi connectivity index (χ1v) is 4.04. The Morgan fingerprint density at radius 3 is 1.14 bits per heavy atom. The standard InChI is InChI=1S/2C5H5.C2H3O.Fe/c2*1-2-4-5-3-1;1-2-3;/h2*1-5H;1H3;/q3*-1;+3. The largest absolute Gasteiger partial charge is 3.00 e. The molecule has 2 aromatic rings. The van der Waals surface area contributed by atoms with Gasteiger partial charge in [0.05, 0.1) is 0 Å². The molecule has 0 N–H and O–H groups in total. The minimum atomic E-state index is 0. The minimum absolute atomic E-state index is 0. The van der Waals surface area contributed by atoms with Crippen LogP contribution in [0.5, 0.6) is 0 Å². The van der Waals surface area contributed by atoms with Crippen molar-refractivity contribution in [1.82, 2.24) is 0 Å². The van der Waals surface area contributed by atoms with Crippen LogP contribution in [-0.2, 0) is 21.9 Å². The number of hydrogen-bond acceptors (Lipinski definition) is 1. The van der Waals surface area contributed by atoms with Crippen molar-refractivity contribution in [2.75, 3.05) is 0 Å². The molecule has 0 saturated heterocycles. The van der Waals surface area contributed by atoms with E-state index >= 15 is 0 Å². The van der Waals surface area contributed by atoms with Crippen LogP contribution < -0.4 is 0 Å². The summed E-state index contributed by atoms with van der Waals surface area (Å²) in [5.41, 5.74) is 0. The van der Waals surface area contributed by atoms with Crippen LogP contribution in [0.2, 0.25) is 0 Å². The van der Waals surface area contributed by atoms with E-state index in [4.69, 9.17) is 4.79 Å². The maximum absolute atomic E-state index is 8.68. The Balaban J connectivity index is 0. The molecule has 0 heterocycles. The van der Waals surface area contributed by atoms with Gasteiger partial charge in [0.25, 0.3) is 0 Å². The molecule has 0 unspecified atom stereocenters. The summed E-state index contributed by atoms with van der Waals surface area (Å²) < 4.78 is 0. The van der Waals surface area contributed by atoms with Crippen molar-refractivity contribution in [3.8, 4) is 0 Å². The molecule has 1 radical (unpaired) electrons. The van der Waals surface area contributed by atoms with Gasteiger partial charge in [-0.15, -0.1) is 0 Å². The summed E-state index contributed by atoms with van der Waals surface area (Å²) in [6.45, 7) is 1.32. The molecule has 2 rings (SSSR count). The molecule has 0 atom stereocenters.